The second-order valence-electron chi connectivity index (χ2n) is 3.36. The monoisotopic (exact) mass is 207 g/mol. The molecule has 0 atom stereocenters. The largest absolute Gasteiger partial charge is 0.494 e. The third-order valence-corrected chi connectivity index (χ3v) is 2.15. The van der Waals surface area contributed by atoms with Crippen molar-refractivity contribution in [3.63, 3.8) is 0 Å². The number of ketones is 1. The van der Waals surface area contributed by atoms with Crippen LogP contribution in [-0.2, 0) is 0 Å². The second-order valence-corrected chi connectivity index (χ2v) is 3.36. The van der Waals surface area contributed by atoms with Crippen LogP contribution in [0.15, 0.2) is 18.2 Å². The van der Waals surface area contributed by atoms with E-state index >= 15 is 0 Å². The number of rotatable bonds is 5. The van der Waals surface area contributed by atoms with Gasteiger partial charge in [0.2, 0.25) is 0 Å². The predicted octanol–water partition coefficient (Wildman–Crippen LogP) is 1.80. The lowest BCUT2D eigenvalue weighted by molar-refractivity contribution is 0.0993. The Morgan fingerprint density at radius 2 is 2.20 bits per heavy atom. The molecule has 0 unspecified atom stereocenters. The molecule has 0 heterocycles. The lowest BCUT2D eigenvalue weighted by Gasteiger charge is -2.08. The van der Waals surface area contributed by atoms with E-state index in [2.05, 4.69) is 5.32 Å². The molecule has 1 rings (SSSR count). The van der Waals surface area contributed by atoms with Crippen molar-refractivity contribution in [3.8, 4) is 5.75 Å². The molecular weight excluding hydrogens is 190 g/mol. The highest BCUT2D eigenvalue weighted by atomic mass is 16.5. The molecule has 1 aromatic rings. The van der Waals surface area contributed by atoms with Crippen molar-refractivity contribution in [1.29, 1.82) is 0 Å². The first kappa shape index (κ1) is 11.7. The summed E-state index contributed by atoms with van der Waals surface area (Å²) >= 11 is 0. The summed E-state index contributed by atoms with van der Waals surface area (Å²) in [5.74, 6) is 0.925. The van der Waals surface area contributed by atoms with Crippen LogP contribution >= 0.6 is 0 Å². The van der Waals surface area contributed by atoms with Crippen LogP contribution in [0.3, 0.4) is 0 Å². The van der Waals surface area contributed by atoms with Crippen molar-refractivity contribution < 1.29 is 9.53 Å². The molecule has 0 aliphatic carbocycles. The van der Waals surface area contributed by atoms with E-state index in [1.807, 2.05) is 32.0 Å². The number of hydrogen-bond acceptors (Lipinski definition) is 3. The molecule has 0 radical (unpaired) electrons. The number of aryl methyl sites for hydroxylation is 1. The van der Waals surface area contributed by atoms with Gasteiger partial charge in [-0.1, -0.05) is 0 Å². The zero-order valence-electron chi connectivity index (χ0n) is 9.46. The highest BCUT2D eigenvalue weighted by molar-refractivity contribution is 5.99. The topological polar surface area (TPSA) is 38.3 Å². The van der Waals surface area contributed by atoms with Crippen LogP contribution in [0.4, 0.5) is 0 Å². The highest BCUT2D eigenvalue weighted by Crippen LogP contribution is 2.17. The van der Waals surface area contributed by atoms with Crippen molar-refractivity contribution in [1.82, 2.24) is 5.32 Å². The molecular formula is C12H17NO2. The summed E-state index contributed by atoms with van der Waals surface area (Å²) in [4.78, 5) is 11.6. The fraction of sp³-hybridized carbons (Fsp3) is 0.417. The average Bonchev–Trinajstić information content (AvgIpc) is 2.18. The van der Waals surface area contributed by atoms with Gasteiger partial charge in [0.15, 0.2) is 5.78 Å². The van der Waals surface area contributed by atoms with Crippen LogP contribution in [0.1, 0.15) is 22.8 Å². The fourth-order valence-corrected chi connectivity index (χ4v) is 1.46. The Kier molecular flexibility index (Phi) is 4.31. The van der Waals surface area contributed by atoms with Crippen molar-refractivity contribution in [2.24, 2.45) is 0 Å². The van der Waals surface area contributed by atoms with E-state index in [1.165, 1.54) is 0 Å². The minimum absolute atomic E-state index is 0.109. The molecule has 0 saturated carbocycles. The molecule has 0 bridgehead atoms. The van der Waals surface area contributed by atoms with E-state index in [0.29, 0.717) is 13.2 Å². The van der Waals surface area contributed by atoms with Crippen molar-refractivity contribution in [2.75, 3.05) is 20.2 Å². The molecule has 0 aromatic heterocycles. The summed E-state index contributed by atoms with van der Waals surface area (Å²) < 4.78 is 5.35. The Morgan fingerprint density at radius 1 is 1.47 bits per heavy atom. The number of nitrogens with one attached hydrogen (secondary N) is 1. The SMILES string of the molecule is CCOc1ccc(C(=O)CNC)c(C)c1. The maximum absolute atomic E-state index is 11.6. The van der Waals surface area contributed by atoms with Crippen LogP contribution < -0.4 is 10.1 Å². The molecule has 15 heavy (non-hydrogen) atoms. The lowest BCUT2D eigenvalue weighted by Crippen LogP contribution is -2.19. The summed E-state index contributed by atoms with van der Waals surface area (Å²) in [6.45, 7) is 4.87. The standard InChI is InChI=1S/C12H17NO2/c1-4-15-10-5-6-11(9(2)7-10)12(14)8-13-3/h5-7,13H,4,8H2,1-3H3. The maximum atomic E-state index is 11.6. The van der Waals surface area contributed by atoms with E-state index in [4.69, 9.17) is 4.74 Å². The van der Waals surface area contributed by atoms with Gasteiger partial charge in [-0.15, -0.1) is 0 Å². The molecule has 0 aliphatic rings. The molecule has 82 valence electrons. The van der Waals surface area contributed by atoms with Gasteiger partial charge in [0.1, 0.15) is 5.75 Å². The summed E-state index contributed by atoms with van der Waals surface area (Å²) in [5, 5.41) is 2.85. The molecule has 0 amide bonds. The van der Waals surface area contributed by atoms with Gasteiger partial charge >= 0.3 is 0 Å². The summed E-state index contributed by atoms with van der Waals surface area (Å²) in [6, 6.07) is 5.55. The zero-order chi connectivity index (χ0) is 11.3. The van der Waals surface area contributed by atoms with Gasteiger partial charge in [0, 0.05) is 5.56 Å². The lowest BCUT2D eigenvalue weighted by atomic mass is 10.0. The third kappa shape index (κ3) is 3.06. The number of hydrogen-bond donors (Lipinski definition) is 1. The van der Waals surface area contributed by atoms with Gasteiger partial charge in [-0.3, -0.25) is 4.79 Å². The van der Waals surface area contributed by atoms with Gasteiger partial charge in [-0.2, -0.15) is 0 Å². The predicted molar refractivity (Wildman–Crippen MR) is 60.6 cm³/mol. The van der Waals surface area contributed by atoms with E-state index in [1.54, 1.807) is 7.05 Å². The molecule has 0 spiro atoms. The summed E-state index contributed by atoms with van der Waals surface area (Å²) in [5.41, 5.74) is 1.72. The Bertz CT molecular complexity index is 347. The molecule has 0 fully saturated rings. The molecule has 3 heteroatoms. The van der Waals surface area contributed by atoms with Crippen LogP contribution in [-0.4, -0.2) is 26.0 Å². The molecule has 1 aromatic carbocycles. The van der Waals surface area contributed by atoms with E-state index in [9.17, 15) is 4.79 Å². The minimum Gasteiger partial charge on any atom is -0.494 e. The van der Waals surface area contributed by atoms with E-state index in [0.717, 1.165) is 16.9 Å². The summed E-state index contributed by atoms with van der Waals surface area (Å²) in [7, 11) is 1.77. The van der Waals surface area contributed by atoms with Gasteiger partial charge in [0.05, 0.1) is 13.2 Å². The molecule has 3 nitrogen and oxygen atoms in total. The number of benzene rings is 1. The van der Waals surface area contributed by atoms with Gasteiger partial charge in [0.25, 0.3) is 0 Å². The number of carbonyl (C=O) groups excluding carboxylic acids is 1. The Hall–Kier alpha value is -1.35. The second kappa shape index (κ2) is 5.51. The smallest absolute Gasteiger partial charge is 0.176 e. The van der Waals surface area contributed by atoms with Crippen molar-refractivity contribution >= 4 is 5.78 Å². The van der Waals surface area contributed by atoms with E-state index < -0.39 is 0 Å². The van der Waals surface area contributed by atoms with Gasteiger partial charge in [-0.25, -0.2) is 0 Å². The number of ether oxygens (including phenoxy) is 1. The first-order valence-electron chi connectivity index (χ1n) is 5.10. The summed E-state index contributed by atoms with van der Waals surface area (Å²) in [6.07, 6.45) is 0. The van der Waals surface area contributed by atoms with Crippen LogP contribution in [0, 0.1) is 6.92 Å². The van der Waals surface area contributed by atoms with Crippen LogP contribution in [0.25, 0.3) is 0 Å². The Morgan fingerprint density at radius 3 is 2.73 bits per heavy atom. The first-order chi connectivity index (χ1) is 7.19. The fourth-order valence-electron chi connectivity index (χ4n) is 1.46. The average molecular weight is 207 g/mol. The number of likely N-dealkylation sites (N-methyl/N-ethyl adjacent to an activating group) is 1. The van der Waals surface area contributed by atoms with Gasteiger partial charge in [-0.05, 0) is 44.7 Å². The molecule has 1 N–H and O–H groups in total. The quantitative estimate of drug-likeness (QED) is 0.748. The third-order valence-electron chi connectivity index (χ3n) is 2.15. The normalized spacial score (nSPS) is 10.1. The first-order valence-corrected chi connectivity index (χ1v) is 5.10. The van der Waals surface area contributed by atoms with Gasteiger partial charge < -0.3 is 10.1 Å². The number of Topliss-reactive ketones (excluding diaryl/α,β-unsaturated/α-hetero) is 1. The zero-order valence-corrected chi connectivity index (χ0v) is 9.46. The van der Waals surface area contributed by atoms with Crippen LogP contribution in [0.2, 0.25) is 0 Å². The molecule has 0 aliphatic heterocycles. The Balaban J connectivity index is 2.87. The van der Waals surface area contributed by atoms with E-state index in [-0.39, 0.29) is 5.78 Å². The number of carbonyl (C=O) groups is 1. The van der Waals surface area contributed by atoms with Crippen LogP contribution in [0.5, 0.6) is 5.75 Å². The Labute approximate surface area is 90.4 Å². The molecule has 0 saturated heterocycles. The minimum atomic E-state index is 0.109. The van der Waals surface area contributed by atoms with Crippen molar-refractivity contribution in [2.45, 2.75) is 13.8 Å². The maximum Gasteiger partial charge on any atom is 0.176 e. The highest BCUT2D eigenvalue weighted by Gasteiger charge is 2.08. The van der Waals surface area contributed by atoms with Crippen molar-refractivity contribution in [3.05, 3.63) is 29.3 Å².